The highest BCUT2D eigenvalue weighted by atomic mass is 32.1. The molecule has 0 fully saturated rings. The van der Waals surface area contributed by atoms with Crippen molar-refractivity contribution in [3.63, 3.8) is 0 Å². The quantitative estimate of drug-likeness (QED) is 0.698. The molecule has 0 saturated carbocycles. The summed E-state index contributed by atoms with van der Waals surface area (Å²) in [6.07, 6.45) is 2.30. The van der Waals surface area contributed by atoms with Gasteiger partial charge in [-0.15, -0.1) is 0 Å². The van der Waals surface area contributed by atoms with Crippen LogP contribution in [0.4, 0.5) is 0 Å². The number of nitrogens with zero attached hydrogens (tertiary/aromatic N) is 1. The minimum atomic E-state index is 0.986. The van der Waals surface area contributed by atoms with E-state index in [0.717, 1.165) is 13.1 Å². The average molecular weight is 310 g/mol. The van der Waals surface area contributed by atoms with Gasteiger partial charge in [-0.1, -0.05) is 53.8 Å². The molecule has 0 aliphatic carbocycles. The molecular formula is C19H22N2S+2. The van der Waals surface area contributed by atoms with Gasteiger partial charge in [0.2, 0.25) is 5.52 Å². The van der Waals surface area contributed by atoms with E-state index in [4.69, 9.17) is 0 Å². The molecule has 1 heterocycles. The van der Waals surface area contributed by atoms with Crippen molar-refractivity contribution in [3.8, 4) is 0 Å². The maximum Gasteiger partial charge on any atom is 0.268 e. The number of fused-ring (bicyclic) bond motifs is 1. The Bertz CT molecular complexity index is 788. The number of benzene rings is 2. The molecule has 3 heteroatoms. The maximum absolute atomic E-state index is 2.39. The molecule has 0 bridgehead atoms. The second-order valence-electron chi connectivity index (χ2n) is 5.43. The van der Waals surface area contributed by atoms with Gasteiger partial charge < -0.3 is 5.32 Å². The van der Waals surface area contributed by atoms with Gasteiger partial charge in [0.1, 0.15) is 23.5 Å². The molecule has 2 N–H and O–H groups in total. The topological polar surface area (TPSA) is 20.5 Å². The van der Waals surface area contributed by atoms with Crippen LogP contribution < -0.4 is 9.88 Å². The van der Waals surface area contributed by atoms with Crippen molar-refractivity contribution >= 4 is 27.6 Å². The Morgan fingerprint density at radius 3 is 2.59 bits per heavy atom. The van der Waals surface area contributed by atoms with Crippen molar-refractivity contribution < 1.29 is 9.88 Å². The molecule has 1 aromatic heterocycles. The molecule has 3 rings (SSSR count). The fraction of sp³-hybridized carbons (Fsp3) is 0.211. The van der Waals surface area contributed by atoms with Gasteiger partial charge in [0, 0.05) is 18.6 Å². The summed E-state index contributed by atoms with van der Waals surface area (Å²) in [5, 5.41) is 3.63. The second kappa shape index (κ2) is 6.86. The summed E-state index contributed by atoms with van der Waals surface area (Å²) in [5.74, 6) is 0. The zero-order chi connectivity index (χ0) is 15.4. The highest BCUT2D eigenvalue weighted by Crippen LogP contribution is 2.21. The summed E-state index contributed by atoms with van der Waals surface area (Å²) >= 11 is 1.87. The largest absolute Gasteiger partial charge is 0.314 e. The van der Waals surface area contributed by atoms with Gasteiger partial charge in [-0.3, -0.25) is 0 Å². The number of aryl methyl sites for hydroxylation is 1. The molecule has 0 amide bonds. The van der Waals surface area contributed by atoms with Crippen LogP contribution in [0.2, 0.25) is 0 Å². The first-order valence-corrected chi connectivity index (χ1v) is 8.56. The van der Waals surface area contributed by atoms with Gasteiger partial charge in [-0.25, -0.2) is 0 Å². The average Bonchev–Trinajstić information content (AvgIpc) is 2.91. The third-order valence-electron chi connectivity index (χ3n) is 3.81. The van der Waals surface area contributed by atoms with Crippen LogP contribution in [0.5, 0.6) is 0 Å². The summed E-state index contributed by atoms with van der Waals surface area (Å²) < 4.78 is 3.74. The number of para-hydroxylation sites is 1. The first-order valence-electron chi connectivity index (χ1n) is 7.74. The molecule has 2 aromatic carbocycles. The molecule has 0 aliphatic heterocycles. The van der Waals surface area contributed by atoms with Crippen molar-refractivity contribution in [3.05, 3.63) is 70.9 Å². The van der Waals surface area contributed by atoms with Gasteiger partial charge in [-0.05, 0) is 13.0 Å². The summed E-state index contributed by atoms with van der Waals surface area (Å²) in [5.41, 5.74) is 4.00. The van der Waals surface area contributed by atoms with E-state index in [-0.39, 0.29) is 0 Å². The van der Waals surface area contributed by atoms with Crippen LogP contribution in [0, 0.1) is 0 Å². The number of nitrogens with two attached hydrogens (primary N) is 1. The molecule has 0 spiro atoms. The number of rotatable bonds is 5. The number of hydrogen-bond donors (Lipinski definition) is 1. The molecule has 0 unspecified atom stereocenters. The van der Waals surface area contributed by atoms with Crippen LogP contribution in [-0.4, -0.2) is 0 Å². The molecule has 3 aromatic rings. The normalized spacial score (nSPS) is 12.0. The molecule has 2 nitrogen and oxygen atoms in total. The maximum atomic E-state index is 2.39. The summed E-state index contributed by atoms with van der Waals surface area (Å²) in [7, 11) is 0. The Kier molecular flexibility index (Phi) is 4.66. The molecule has 0 saturated heterocycles. The van der Waals surface area contributed by atoms with Crippen LogP contribution in [0.25, 0.3) is 16.3 Å². The standard InChI is InChI=1S/C19H20N2S/c1-3-21-17-11-7-8-12-18(17)22-19(21)13-15(2)20-14-16-9-5-4-6-10-16/h4-13H,3,14H2,1-2H3/p+2. The molecule has 0 aliphatic rings. The number of aromatic nitrogens is 1. The third-order valence-corrected chi connectivity index (χ3v) is 4.92. The number of hydrogen-bond acceptors (Lipinski definition) is 1. The molecule has 0 radical (unpaired) electrons. The monoisotopic (exact) mass is 310 g/mol. The number of allylic oxidation sites excluding steroid dienone is 1. The fourth-order valence-corrected chi connectivity index (χ4v) is 3.87. The smallest absolute Gasteiger partial charge is 0.268 e. The first-order chi connectivity index (χ1) is 10.8. The zero-order valence-electron chi connectivity index (χ0n) is 13.1. The van der Waals surface area contributed by atoms with E-state index in [2.05, 4.69) is 84.4 Å². The predicted molar refractivity (Wildman–Crippen MR) is 93.4 cm³/mol. The zero-order valence-corrected chi connectivity index (χ0v) is 13.9. The van der Waals surface area contributed by atoms with Crippen molar-refractivity contribution in [2.24, 2.45) is 0 Å². The van der Waals surface area contributed by atoms with E-state index in [1.54, 1.807) is 0 Å². The van der Waals surface area contributed by atoms with Crippen molar-refractivity contribution in [2.75, 3.05) is 0 Å². The van der Waals surface area contributed by atoms with Crippen LogP contribution >= 0.6 is 11.3 Å². The van der Waals surface area contributed by atoms with Crippen LogP contribution in [0.3, 0.4) is 0 Å². The fourth-order valence-electron chi connectivity index (χ4n) is 2.63. The van der Waals surface area contributed by atoms with Gasteiger partial charge in [0.15, 0.2) is 0 Å². The SMILES string of the molecule is CC[n+]1c(/C=C(\C)[NH2+]Cc2ccccc2)sc2ccccc21. The van der Waals surface area contributed by atoms with E-state index in [1.165, 1.54) is 26.5 Å². The van der Waals surface area contributed by atoms with Crippen LogP contribution in [0.1, 0.15) is 24.4 Å². The van der Waals surface area contributed by atoms with E-state index in [9.17, 15) is 0 Å². The van der Waals surface area contributed by atoms with E-state index in [0.29, 0.717) is 0 Å². The molecule has 112 valence electrons. The molecule has 0 atom stereocenters. The van der Waals surface area contributed by atoms with Gasteiger partial charge in [0.05, 0.1) is 6.08 Å². The van der Waals surface area contributed by atoms with Crippen molar-refractivity contribution in [2.45, 2.75) is 26.9 Å². The predicted octanol–water partition coefficient (Wildman–Crippen LogP) is 3.33. The van der Waals surface area contributed by atoms with Crippen LogP contribution in [0.15, 0.2) is 60.3 Å². The lowest BCUT2D eigenvalue weighted by molar-refractivity contribution is -0.666. The Hall–Kier alpha value is -1.97. The Morgan fingerprint density at radius 2 is 1.82 bits per heavy atom. The molecule has 22 heavy (non-hydrogen) atoms. The first kappa shape index (κ1) is 14.9. The van der Waals surface area contributed by atoms with Gasteiger partial charge >= 0.3 is 0 Å². The Labute approximate surface area is 135 Å². The van der Waals surface area contributed by atoms with Crippen LogP contribution in [-0.2, 0) is 13.1 Å². The van der Waals surface area contributed by atoms with E-state index >= 15 is 0 Å². The minimum Gasteiger partial charge on any atom is -0.314 e. The van der Waals surface area contributed by atoms with E-state index < -0.39 is 0 Å². The van der Waals surface area contributed by atoms with E-state index in [1.807, 2.05) is 11.3 Å². The minimum absolute atomic E-state index is 0.986. The van der Waals surface area contributed by atoms with Crippen molar-refractivity contribution in [1.82, 2.24) is 0 Å². The summed E-state index contributed by atoms with van der Waals surface area (Å²) in [6, 6.07) is 19.2. The lowest BCUT2D eigenvalue weighted by atomic mass is 10.2. The Morgan fingerprint density at radius 1 is 1.09 bits per heavy atom. The summed E-state index contributed by atoms with van der Waals surface area (Å²) in [4.78, 5) is 0. The lowest BCUT2D eigenvalue weighted by Gasteiger charge is -2.00. The third kappa shape index (κ3) is 3.26. The Balaban J connectivity index is 1.81. The number of quaternary nitrogens is 1. The van der Waals surface area contributed by atoms with Gasteiger partial charge in [0.25, 0.3) is 5.01 Å². The number of thiazole rings is 1. The second-order valence-corrected chi connectivity index (χ2v) is 6.50. The van der Waals surface area contributed by atoms with Crippen molar-refractivity contribution in [1.29, 1.82) is 0 Å². The lowest BCUT2D eigenvalue weighted by Crippen LogP contribution is -2.79. The highest BCUT2D eigenvalue weighted by molar-refractivity contribution is 7.18. The molecular weight excluding hydrogens is 288 g/mol. The van der Waals surface area contributed by atoms with Gasteiger partial charge in [-0.2, -0.15) is 4.57 Å². The highest BCUT2D eigenvalue weighted by Gasteiger charge is 2.17. The summed E-state index contributed by atoms with van der Waals surface area (Å²) in [6.45, 7) is 6.38.